The van der Waals surface area contributed by atoms with Gasteiger partial charge < -0.3 is 4.90 Å². The van der Waals surface area contributed by atoms with E-state index in [1.54, 1.807) is 4.31 Å². The summed E-state index contributed by atoms with van der Waals surface area (Å²) < 4.78 is 24.8. The molecule has 1 aromatic rings. The second-order valence-corrected chi connectivity index (χ2v) is 9.70. The molecule has 26 heavy (non-hydrogen) atoms. The van der Waals surface area contributed by atoms with Crippen LogP contribution >= 0.6 is 0 Å². The van der Waals surface area contributed by atoms with Gasteiger partial charge in [-0.05, 0) is 55.7 Å². The van der Waals surface area contributed by atoms with Gasteiger partial charge in [0.05, 0.1) is 6.26 Å². The Morgan fingerprint density at radius 2 is 1.54 bits per heavy atom. The van der Waals surface area contributed by atoms with Crippen LogP contribution in [0.2, 0.25) is 0 Å². The molecule has 2 aliphatic rings. The lowest BCUT2D eigenvalue weighted by molar-refractivity contribution is 0.0761. The fraction of sp³-hybridized carbons (Fsp3) is 0.650. The normalized spacial score (nSPS) is 20.7. The van der Waals surface area contributed by atoms with Crippen LogP contribution in [0.5, 0.6) is 0 Å². The summed E-state index contributed by atoms with van der Waals surface area (Å²) in [6.45, 7) is 2.99. The van der Waals surface area contributed by atoms with E-state index >= 15 is 0 Å². The van der Waals surface area contributed by atoms with Crippen LogP contribution in [0.15, 0.2) is 24.3 Å². The summed E-state index contributed by atoms with van der Waals surface area (Å²) in [6, 6.07) is 8.03. The van der Waals surface area contributed by atoms with Crippen molar-refractivity contribution in [3.8, 4) is 0 Å². The first-order valence-electron chi connectivity index (χ1n) is 9.77. The number of amides is 1. The lowest BCUT2D eigenvalue weighted by Crippen LogP contribution is -2.38. The Labute approximate surface area is 157 Å². The van der Waals surface area contributed by atoms with Crippen LogP contribution in [0, 0.1) is 5.92 Å². The molecule has 3 rings (SSSR count). The molecule has 2 fully saturated rings. The summed E-state index contributed by atoms with van der Waals surface area (Å²) in [6.07, 6.45) is 8.71. The highest BCUT2D eigenvalue weighted by Gasteiger charge is 2.25. The fourth-order valence-electron chi connectivity index (χ4n) is 4.02. The van der Waals surface area contributed by atoms with Gasteiger partial charge in [0.25, 0.3) is 5.91 Å². The van der Waals surface area contributed by atoms with Gasteiger partial charge in [-0.3, -0.25) is 4.79 Å². The molecule has 1 aromatic carbocycles. The molecule has 2 saturated heterocycles. The zero-order valence-corrected chi connectivity index (χ0v) is 16.5. The summed E-state index contributed by atoms with van der Waals surface area (Å²) in [7, 11) is -3.06. The third-order valence-corrected chi connectivity index (χ3v) is 6.96. The Balaban J connectivity index is 1.54. The summed E-state index contributed by atoms with van der Waals surface area (Å²) in [4.78, 5) is 14.6. The van der Waals surface area contributed by atoms with Crippen molar-refractivity contribution in [3.63, 3.8) is 0 Å². The first kappa shape index (κ1) is 19.4. The number of piperidine rings is 1. The number of sulfonamides is 1. The molecule has 0 atom stereocenters. The molecule has 0 spiro atoms. The van der Waals surface area contributed by atoms with Gasteiger partial charge in [0.1, 0.15) is 0 Å². The van der Waals surface area contributed by atoms with Crippen molar-refractivity contribution in [2.24, 2.45) is 5.92 Å². The highest BCUT2D eigenvalue weighted by atomic mass is 32.2. The van der Waals surface area contributed by atoms with E-state index in [-0.39, 0.29) is 5.91 Å². The summed E-state index contributed by atoms with van der Waals surface area (Å²) in [5.41, 5.74) is 2.01. The van der Waals surface area contributed by atoms with Crippen molar-refractivity contribution >= 4 is 15.9 Å². The molecule has 0 unspecified atom stereocenters. The number of hydrogen-bond donors (Lipinski definition) is 0. The summed E-state index contributed by atoms with van der Waals surface area (Å²) in [5.74, 6) is 0.667. The van der Waals surface area contributed by atoms with E-state index in [0.29, 0.717) is 19.0 Å². The highest BCUT2D eigenvalue weighted by molar-refractivity contribution is 7.88. The number of nitrogens with zero attached hydrogens (tertiary/aromatic N) is 2. The minimum absolute atomic E-state index is 0.153. The van der Waals surface area contributed by atoms with Gasteiger partial charge in [-0.2, -0.15) is 0 Å². The molecule has 0 bridgehead atoms. The van der Waals surface area contributed by atoms with Gasteiger partial charge in [0.2, 0.25) is 10.0 Å². The summed E-state index contributed by atoms with van der Waals surface area (Å²) >= 11 is 0. The molecule has 1 amide bonds. The van der Waals surface area contributed by atoms with E-state index < -0.39 is 10.0 Å². The quantitative estimate of drug-likeness (QED) is 0.809. The Kier molecular flexibility index (Phi) is 6.35. The van der Waals surface area contributed by atoms with E-state index in [1.165, 1.54) is 24.7 Å². The largest absolute Gasteiger partial charge is 0.339 e. The third kappa shape index (κ3) is 5.07. The lowest BCUT2D eigenvalue weighted by atomic mass is 9.90. The Morgan fingerprint density at radius 3 is 2.08 bits per heavy atom. The zero-order valence-electron chi connectivity index (χ0n) is 15.7. The SMILES string of the molecule is CS(=O)(=O)N1CCC(Cc2ccc(C(=O)N3CCCCCC3)cc2)CC1. The number of benzene rings is 1. The van der Waals surface area contributed by atoms with Gasteiger partial charge >= 0.3 is 0 Å². The second kappa shape index (κ2) is 8.53. The Bertz CT molecular complexity index is 699. The Hall–Kier alpha value is -1.40. The van der Waals surface area contributed by atoms with Crippen LogP contribution in [0.3, 0.4) is 0 Å². The molecule has 144 valence electrons. The van der Waals surface area contributed by atoms with Crippen molar-refractivity contribution in [3.05, 3.63) is 35.4 Å². The van der Waals surface area contributed by atoms with Crippen LogP contribution in [0.1, 0.15) is 54.4 Å². The third-order valence-electron chi connectivity index (χ3n) is 5.66. The van der Waals surface area contributed by atoms with Crippen molar-refractivity contribution in [1.29, 1.82) is 0 Å². The minimum atomic E-state index is -3.06. The van der Waals surface area contributed by atoms with Gasteiger partial charge in [0.15, 0.2) is 0 Å². The van der Waals surface area contributed by atoms with Crippen molar-refractivity contribution < 1.29 is 13.2 Å². The lowest BCUT2D eigenvalue weighted by Gasteiger charge is -2.30. The average Bonchev–Trinajstić information content (AvgIpc) is 2.91. The van der Waals surface area contributed by atoms with Crippen LogP contribution in [-0.2, 0) is 16.4 Å². The van der Waals surface area contributed by atoms with Crippen molar-refractivity contribution in [2.75, 3.05) is 32.4 Å². The number of carbonyl (C=O) groups is 1. The van der Waals surface area contributed by atoms with Gasteiger partial charge in [-0.1, -0.05) is 25.0 Å². The molecule has 5 nitrogen and oxygen atoms in total. The van der Waals surface area contributed by atoms with Crippen LogP contribution in [0.4, 0.5) is 0 Å². The smallest absolute Gasteiger partial charge is 0.253 e. The standard InChI is InChI=1S/C20H30N2O3S/c1-26(24,25)22-14-10-18(11-15-22)16-17-6-8-19(9-7-17)20(23)21-12-4-2-3-5-13-21/h6-9,18H,2-5,10-16H2,1H3. The van der Waals surface area contributed by atoms with E-state index in [4.69, 9.17) is 0 Å². The van der Waals surface area contributed by atoms with Crippen LogP contribution < -0.4 is 0 Å². The van der Waals surface area contributed by atoms with Crippen LogP contribution in [0.25, 0.3) is 0 Å². The first-order valence-corrected chi connectivity index (χ1v) is 11.6. The zero-order chi connectivity index (χ0) is 18.6. The molecular formula is C20H30N2O3S. The molecule has 0 saturated carbocycles. The molecule has 2 aliphatic heterocycles. The second-order valence-electron chi connectivity index (χ2n) is 7.71. The molecule has 0 aromatic heterocycles. The summed E-state index contributed by atoms with van der Waals surface area (Å²) in [5, 5.41) is 0. The molecule has 0 N–H and O–H groups in total. The molecule has 6 heteroatoms. The molecule has 2 heterocycles. The Morgan fingerprint density at radius 1 is 0.962 bits per heavy atom. The molecular weight excluding hydrogens is 348 g/mol. The van der Waals surface area contributed by atoms with Gasteiger partial charge in [0, 0.05) is 31.7 Å². The maximum absolute atomic E-state index is 12.6. The van der Waals surface area contributed by atoms with Gasteiger partial charge in [-0.25, -0.2) is 12.7 Å². The van der Waals surface area contributed by atoms with E-state index in [9.17, 15) is 13.2 Å². The number of hydrogen-bond acceptors (Lipinski definition) is 3. The topological polar surface area (TPSA) is 57.7 Å². The maximum atomic E-state index is 12.6. The molecule has 0 radical (unpaired) electrons. The van der Waals surface area contributed by atoms with Crippen molar-refractivity contribution in [2.45, 2.75) is 44.9 Å². The van der Waals surface area contributed by atoms with E-state index in [2.05, 4.69) is 12.1 Å². The number of rotatable bonds is 4. The number of likely N-dealkylation sites (tertiary alicyclic amines) is 1. The maximum Gasteiger partial charge on any atom is 0.253 e. The minimum Gasteiger partial charge on any atom is -0.339 e. The van der Waals surface area contributed by atoms with E-state index in [1.807, 2.05) is 17.0 Å². The predicted molar refractivity (Wildman–Crippen MR) is 104 cm³/mol. The number of carbonyl (C=O) groups excluding carboxylic acids is 1. The van der Waals surface area contributed by atoms with Crippen molar-refractivity contribution in [1.82, 2.24) is 9.21 Å². The van der Waals surface area contributed by atoms with Crippen LogP contribution in [-0.4, -0.2) is 56.0 Å². The van der Waals surface area contributed by atoms with E-state index in [0.717, 1.165) is 50.8 Å². The monoisotopic (exact) mass is 378 g/mol. The molecule has 0 aliphatic carbocycles. The average molecular weight is 379 g/mol. The highest BCUT2D eigenvalue weighted by Crippen LogP contribution is 2.23. The first-order chi connectivity index (χ1) is 12.4. The fourth-order valence-corrected chi connectivity index (χ4v) is 4.89. The van der Waals surface area contributed by atoms with Gasteiger partial charge in [-0.15, -0.1) is 0 Å². The predicted octanol–water partition coefficient (Wildman–Crippen LogP) is 2.92.